The summed E-state index contributed by atoms with van der Waals surface area (Å²) in [6.45, 7) is 4.07. The lowest BCUT2D eigenvalue weighted by molar-refractivity contribution is -0.143. The standard InChI is InChI=1S/C35H31N3O5S2/c1-4-42-29(39)21-37-20-24(26-13-9-10-14-27(26)37)19-28-33(40)38-32(23-15-17-25(44-3)18-16-23)30(34(41)43-5-2)31(36-35(38)45-28)22-11-7-6-8-12-22/h6-20,32H,4-5,21H2,1-3H3/b28-19-. The minimum Gasteiger partial charge on any atom is -0.465 e. The van der Waals surface area contributed by atoms with Crippen LogP contribution in [0.2, 0.25) is 0 Å². The summed E-state index contributed by atoms with van der Waals surface area (Å²) in [7, 11) is 0. The van der Waals surface area contributed by atoms with Crippen LogP contribution in [0.4, 0.5) is 0 Å². The molecule has 0 spiro atoms. The largest absolute Gasteiger partial charge is 0.465 e. The Morgan fingerprint density at radius 2 is 1.67 bits per heavy atom. The van der Waals surface area contributed by atoms with Crippen LogP contribution in [0.5, 0.6) is 0 Å². The van der Waals surface area contributed by atoms with Gasteiger partial charge >= 0.3 is 11.9 Å². The molecule has 1 atom stereocenters. The minimum atomic E-state index is -0.751. The molecule has 3 heterocycles. The highest BCUT2D eigenvalue weighted by molar-refractivity contribution is 7.98. The number of aromatic nitrogens is 2. The molecule has 1 unspecified atom stereocenters. The Labute approximate surface area is 267 Å². The average molecular weight is 638 g/mol. The van der Waals surface area contributed by atoms with Gasteiger partial charge < -0.3 is 14.0 Å². The van der Waals surface area contributed by atoms with Crippen molar-refractivity contribution in [3.05, 3.63) is 127 Å². The number of hydrogen-bond donors (Lipinski definition) is 0. The first kappa shape index (κ1) is 30.4. The van der Waals surface area contributed by atoms with Crippen molar-refractivity contribution in [3.8, 4) is 0 Å². The molecule has 228 valence electrons. The zero-order valence-electron chi connectivity index (χ0n) is 25.1. The summed E-state index contributed by atoms with van der Waals surface area (Å²) in [6, 6.07) is 24.3. The summed E-state index contributed by atoms with van der Waals surface area (Å²) in [4.78, 5) is 46.8. The summed E-state index contributed by atoms with van der Waals surface area (Å²) in [5, 5.41) is 0.897. The quantitative estimate of drug-likeness (QED) is 0.164. The van der Waals surface area contributed by atoms with Crippen molar-refractivity contribution in [2.45, 2.75) is 31.3 Å². The highest BCUT2D eigenvalue weighted by Crippen LogP contribution is 2.35. The number of hydrogen-bond acceptors (Lipinski definition) is 8. The molecule has 0 radical (unpaired) electrons. The van der Waals surface area contributed by atoms with Crippen LogP contribution in [-0.2, 0) is 25.6 Å². The van der Waals surface area contributed by atoms with E-state index in [4.69, 9.17) is 14.5 Å². The van der Waals surface area contributed by atoms with E-state index >= 15 is 0 Å². The fraction of sp³-hybridized carbons (Fsp3) is 0.200. The fourth-order valence-electron chi connectivity index (χ4n) is 5.55. The topological polar surface area (TPSA) is 91.9 Å². The highest BCUT2D eigenvalue weighted by Gasteiger charge is 2.35. The number of para-hydroxylation sites is 1. The maximum atomic E-state index is 14.3. The van der Waals surface area contributed by atoms with Gasteiger partial charge in [-0.05, 0) is 49.9 Å². The van der Waals surface area contributed by atoms with Gasteiger partial charge in [-0.15, -0.1) is 11.8 Å². The number of thioether (sulfide) groups is 1. The Hall–Kier alpha value is -4.67. The van der Waals surface area contributed by atoms with Crippen LogP contribution in [0, 0.1) is 0 Å². The Morgan fingerprint density at radius 1 is 0.956 bits per heavy atom. The van der Waals surface area contributed by atoms with Crippen molar-refractivity contribution in [2.75, 3.05) is 19.5 Å². The van der Waals surface area contributed by atoms with E-state index in [1.807, 2.05) is 102 Å². The van der Waals surface area contributed by atoms with Gasteiger partial charge in [-0.3, -0.25) is 14.2 Å². The molecule has 6 rings (SSSR count). The number of nitrogens with zero attached hydrogens (tertiary/aromatic N) is 3. The second-order valence-electron chi connectivity index (χ2n) is 10.2. The van der Waals surface area contributed by atoms with E-state index in [2.05, 4.69) is 0 Å². The van der Waals surface area contributed by atoms with Crippen LogP contribution in [0.1, 0.15) is 36.6 Å². The number of benzene rings is 3. The number of carbonyl (C=O) groups is 2. The summed E-state index contributed by atoms with van der Waals surface area (Å²) >= 11 is 2.88. The maximum Gasteiger partial charge on any atom is 0.338 e. The number of fused-ring (bicyclic) bond motifs is 2. The maximum absolute atomic E-state index is 14.3. The van der Waals surface area contributed by atoms with Gasteiger partial charge in [0.25, 0.3) is 5.56 Å². The van der Waals surface area contributed by atoms with Gasteiger partial charge in [0.2, 0.25) is 0 Å². The molecule has 10 heteroatoms. The van der Waals surface area contributed by atoms with Gasteiger partial charge in [0.15, 0.2) is 4.80 Å². The number of thiazole rings is 1. The molecule has 1 aliphatic rings. The molecule has 0 bridgehead atoms. The van der Waals surface area contributed by atoms with Gasteiger partial charge in [0, 0.05) is 33.1 Å². The van der Waals surface area contributed by atoms with Crippen molar-refractivity contribution < 1.29 is 19.1 Å². The first-order chi connectivity index (χ1) is 21.9. The van der Waals surface area contributed by atoms with Crippen LogP contribution < -0.4 is 14.9 Å². The molecule has 5 aromatic rings. The molecule has 3 aromatic carbocycles. The molecule has 45 heavy (non-hydrogen) atoms. The SMILES string of the molecule is CCOC(=O)Cn1cc(/C=c2\sc3n(c2=O)C(c2ccc(SC)cc2)C(C(=O)OCC)=C(c2ccccc2)N=3)c2ccccc21. The Balaban J connectivity index is 1.59. The third kappa shape index (κ3) is 5.91. The summed E-state index contributed by atoms with van der Waals surface area (Å²) in [6.07, 6.45) is 5.69. The van der Waals surface area contributed by atoms with E-state index < -0.39 is 12.0 Å². The van der Waals surface area contributed by atoms with E-state index in [1.54, 1.807) is 30.2 Å². The fourth-order valence-corrected chi connectivity index (χ4v) is 6.95. The molecule has 0 saturated carbocycles. The van der Waals surface area contributed by atoms with Crippen LogP contribution >= 0.6 is 23.1 Å². The summed E-state index contributed by atoms with van der Waals surface area (Å²) < 4.78 is 14.6. The first-order valence-electron chi connectivity index (χ1n) is 14.6. The first-order valence-corrected chi connectivity index (χ1v) is 16.6. The lowest BCUT2D eigenvalue weighted by atomic mass is 9.93. The third-order valence-electron chi connectivity index (χ3n) is 7.52. The molecule has 2 aromatic heterocycles. The van der Waals surface area contributed by atoms with Crippen molar-refractivity contribution >= 4 is 57.7 Å². The van der Waals surface area contributed by atoms with Gasteiger partial charge in [0.05, 0.1) is 35.1 Å². The zero-order valence-corrected chi connectivity index (χ0v) is 26.7. The number of carbonyl (C=O) groups excluding carboxylic acids is 2. The smallest absolute Gasteiger partial charge is 0.338 e. The van der Waals surface area contributed by atoms with Crippen LogP contribution in [0.25, 0.3) is 22.7 Å². The van der Waals surface area contributed by atoms with Gasteiger partial charge in [-0.1, -0.05) is 72.0 Å². The second-order valence-corrected chi connectivity index (χ2v) is 12.1. The van der Waals surface area contributed by atoms with Gasteiger partial charge in [-0.2, -0.15) is 0 Å². The van der Waals surface area contributed by atoms with Crippen LogP contribution in [0.3, 0.4) is 0 Å². The number of esters is 2. The molecule has 0 amide bonds. The molecule has 8 nitrogen and oxygen atoms in total. The predicted octanol–water partition coefficient (Wildman–Crippen LogP) is 5.18. The number of ether oxygens (including phenoxy) is 2. The lowest BCUT2D eigenvalue weighted by Crippen LogP contribution is -2.40. The highest BCUT2D eigenvalue weighted by atomic mass is 32.2. The van der Waals surface area contributed by atoms with Crippen LogP contribution in [0.15, 0.2) is 105 Å². The van der Waals surface area contributed by atoms with Gasteiger partial charge in [-0.25, -0.2) is 9.79 Å². The van der Waals surface area contributed by atoms with Crippen molar-refractivity contribution in [3.63, 3.8) is 0 Å². The molecule has 0 saturated heterocycles. The Kier molecular flexibility index (Phi) is 8.86. The normalized spacial score (nSPS) is 14.7. The Bertz CT molecular complexity index is 2110. The molecule has 1 aliphatic heterocycles. The lowest BCUT2D eigenvalue weighted by Gasteiger charge is -2.26. The third-order valence-corrected chi connectivity index (χ3v) is 9.24. The van der Waals surface area contributed by atoms with Crippen molar-refractivity contribution in [1.29, 1.82) is 0 Å². The second kappa shape index (κ2) is 13.1. The number of rotatable bonds is 9. The van der Waals surface area contributed by atoms with Crippen LogP contribution in [-0.4, -0.2) is 40.5 Å². The van der Waals surface area contributed by atoms with E-state index in [-0.39, 0.29) is 24.7 Å². The van der Waals surface area contributed by atoms with Crippen molar-refractivity contribution in [2.24, 2.45) is 4.99 Å². The zero-order chi connectivity index (χ0) is 31.5. The molecular weight excluding hydrogens is 607 g/mol. The molecule has 0 fully saturated rings. The minimum absolute atomic E-state index is 0.0544. The van der Waals surface area contributed by atoms with E-state index in [0.717, 1.165) is 32.5 Å². The van der Waals surface area contributed by atoms with E-state index in [1.165, 1.54) is 11.3 Å². The molecule has 0 aliphatic carbocycles. The van der Waals surface area contributed by atoms with E-state index in [9.17, 15) is 14.4 Å². The average Bonchev–Trinajstić information content (AvgIpc) is 3.56. The summed E-state index contributed by atoms with van der Waals surface area (Å²) in [5.41, 5.74) is 3.69. The predicted molar refractivity (Wildman–Crippen MR) is 178 cm³/mol. The van der Waals surface area contributed by atoms with E-state index in [0.29, 0.717) is 27.2 Å². The van der Waals surface area contributed by atoms with Gasteiger partial charge in [0.1, 0.15) is 6.54 Å². The molecular formula is C35H31N3O5S2. The monoisotopic (exact) mass is 637 g/mol. The van der Waals surface area contributed by atoms with Crippen molar-refractivity contribution in [1.82, 2.24) is 9.13 Å². The summed E-state index contributed by atoms with van der Waals surface area (Å²) in [5.74, 6) is -0.855. The Morgan fingerprint density at radius 3 is 2.38 bits per heavy atom. The molecule has 0 N–H and O–H groups in total.